The fraction of sp³-hybridized carbons (Fsp3) is 0.560. The second-order valence-electron chi connectivity index (χ2n) is 9.57. The van der Waals surface area contributed by atoms with Crippen LogP contribution in [0.4, 0.5) is 0 Å². The number of nitrogens with zero attached hydrogens (tertiary/aromatic N) is 3. The second kappa shape index (κ2) is 10.2. The van der Waals surface area contributed by atoms with Crippen LogP contribution in [0.3, 0.4) is 0 Å². The zero-order valence-corrected chi connectivity index (χ0v) is 19.3. The summed E-state index contributed by atoms with van der Waals surface area (Å²) in [5.41, 5.74) is 7.38. The quantitative estimate of drug-likeness (QED) is 0.653. The van der Waals surface area contributed by atoms with Crippen LogP contribution in [0, 0.1) is 11.3 Å². The molecule has 0 spiro atoms. The molecule has 2 heterocycles. The highest BCUT2D eigenvalue weighted by Crippen LogP contribution is 2.44. The number of carbonyl (C=O) groups excluding carboxylic acids is 2. The Bertz CT molecular complexity index is 905. The summed E-state index contributed by atoms with van der Waals surface area (Å²) in [5.74, 6) is 0.628. The van der Waals surface area contributed by atoms with Gasteiger partial charge in [0.2, 0.25) is 5.91 Å². The fourth-order valence-corrected chi connectivity index (χ4v) is 5.49. The van der Waals surface area contributed by atoms with Gasteiger partial charge < -0.3 is 15.2 Å². The summed E-state index contributed by atoms with van der Waals surface area (Å²) in [7, 11) is 0. The minimum Gasteiger partial charge on any atom is -0.341 e. The molecule has 2 fully saturated rings. The molecule has 2 unspecified atom stereocenters. The Hall–Kier alpha value is -2.18. The summed E-state index contributed by atoms with van der Waals surface area (Å²) >= 11 is 5.95. The van der Waals surface area contributed by atoms with Crippen molar-refractivity contribution in [3.05, 3.63) is 53.6 Å². The van der Waals surface area contributed by atoms with Crippen LogP contribution >= 0.6 is 11.6 Å². The molecule has 1 aromatic heterocycles. The van der Waals surface area contributed by atoms with Crippen molar-refractivity contribution in [2.75, 3.05) is 13.1 Å². The zero-order chi connectivity index (χ0) is 22.6. The van der Waals surface area contributed by atoms with Crippen LogP contribution in [0.1, 0.15) is 50.5 Å². The molecule has 2 aromatic rings. The summed E-state index contributed by atoms with van der Waals surface area (Å²) in [5, 5.41) is 0.678. The van der Waals surface area contributed by atoms with E-state index in [1.807, 2.05) is 41.7 Å². The van der Waals surface area contributed by atoms with E-state index in [0.29, 0.717) is 30.3 Å². The maximum atomic E-state index is 13.0. The molecule has 1 aliphatic carbocycles. The Morgan fingerprint density at radius 1 is 1.25 bits per heavy atom. The molecule has 4 rings (SSSR count). The molecule has 1 aliphatic heterocycles. The average molecular weight is 457 g/mol. The number of hydrogen-bond acceptors (Lipinski definition) is 4. The number of rotatable bonds is 8. The van der Waals surface area contributed by atoms with Gasteiger partial charge in [0.15, 0.2) is 0 Å². The monoisotopic (exact) mass is 456 g/mol. The topological polar surface area (TPSA) is 81.2 Å². The van der Waals surface area contributed by atoms with E-state index in [-0.39, 0.29) is 17.2 Å². The number of likely N-dealkylation sites (tertiary alicyclic amines) is 1. The van der Waals surface area contributed by atoms with Crippen molar-refractivity contribution in [3.8, 4) is 0 Å². The van der Waals surface area contributed by atoms with Crippen molar-refractivity contribution in [1.82, 2.24) is 14.5 Å². The summed E-state index contributed by atoms with van der Waals surface area (Å²) in [4.78, 5) is 31.5. The van der Waals surface area contributed by atoms with Crippen LogP contribution in [0.15, 0.2) is 43.0 Å². The van der Waals surface area contributed by atoms with Crippen LogP contribution in [-0.4, -0.2) is 45.3 Å². The lowest BCUT2D eigenvalue weighted by Gasteiger charge is -2.44. The number of Topliss-reactive ketones (excluding diaryl/α,β-unsaturated/α-hetero) is 1. The number of nitrogens with two attached hydrogens (primary N) is 1. The summed E-state index contributed by atoms with van der Waals surface area (Å²) in [6.45, 7) is 2.31. The van der Waals surface area contributed by atoms with Gasteiger partial charge in [-0.1, -0.05) is 23.7 Å². The van der Waals surface area contributed by atoms with Gasteiger partial charge in [0.1, 0.15) is 5.78 Å². The molecule has 1 aromatic carbocycles. The van der Waals surface area contributed by atoms with Gasteiger partial charge in [-0.05, 0) is 68.1 Å². The molecule has 172 valence electrons. The van der Waals surface area contributed by atoms with Gasteiger partial charge in [0.05, 0.1) is 12.4 Å². The highest BCUT2D eigenvalue weighted by Gasteiger charge is 2.40. The Morgan fingerprint density at radius 2 is 2.00 bits per heavy atom. The Kier molecular flexibility index (Phi) is 7.31. The largest absolute Gasteiger partial charge is 0.341 e. The number of imidazole rings is 1. The highest BCUT2D eigenvalue weighted by atomic mass is 35.5. The molecule has 7 heteroatoms. The van der Waals surface area contributed by atoms with Crippen LogP contribution in [0.5, 0.6) is 0 Å². The number of aryl methyl sites for hydroxylation is 1. The number of hydrogen-bond donors (Lipinski definition) is 1. The predicted octanol–water partition coefficient (Wildman–Crippen LogP) is 3.86. The molecule has 32 heavy (non-hydrogen) atoms. The predicted molar refractivity (Wildman–Crippen MR) is 125 cm³/mol. The van der Waals surface area contributed by atoms with Gasteiger partial charge in [-0.15, -0.1) is 0 Å². The molecule has 0 bridgehead atoms. The molecule has 1 saturated carbocycles. The number of amides is 1. The van der Waals surface area contributed by atoms with Gasteiger partial charge in [0.25, 0.3) is 0 Å². The maximum absolute atomic E-state index is 13.0. The van der Waals surface area contributed by atoms with Gasteiger partial charge in [-0.3, -0.25) is 9.59 Å². The Labute approximate surface area is 195 Å². The summed E-state index contributed by atoms with van der Waals surface area (Å²) in [6.07, 6.45) is 12.7. The molecule has 1 amide bonds. The lowest BCUT2D eigenvalue weighted by Crippen LogP contribution is -2.50. The van der Waals surface area contributed by atoms with E-state index in [4.69, 9.17) is 17.3 Å². The van der Waals surface area contributed by atoms with Crippen molar-refractivity contribution in [3.63, 3.8) is 0 Å². The molecule has 2 atom stereocenters. The first-order valence-corrected chi connectivity index (χ1v) is 12.1. The molecule has 0 radical (unpaired) electrons. The number of piperidine rings is 1. The highest BCUT2D eigenvalue weighted by molar-refractivity contribution is 6.30. The van der Waals surface area contributed by atoms with E-state index in [9.17, 15) is 9.59 Å². The average Bonchev–Trinajstić information content (AvgIpc) is 3.46. The second-order valence-corrected chi connectivity index (χ2v) is 10.0. The lowest BCUT2D eigenvalue weighted by atomic mass is 9.69. The number of halogens is 1. The zero-order valence-electron chi connectivity index (χ0n) is 18.6. The van der Waals surface area contributed by atoms with Crippen molar-refractivity contribution in [2.24, 2.45) is 17.1 Å². The fourth-order valence-electron chi connectivity index (χ4n) is 5.37. The minimum atomic E-state index is -0.550. The molecular weight excluding hydrogens is 424 g/mol. The molecule has 6 nitrogen and oxygen atoms in total. The van der Waals surface area contributed by atoms with Crippen LogP contribution in [-0.2, 0) is 22.6 Å². The van der Waals surface area contributed by atoms with E-state index < -0.39 is 6.04 Å². The van der Waals surface area contributed by atoms with Crippen molar-refractivity contribution < 1.29 is 9.59 Å². The molecular formula is C25H33ClN4O2. The van der Waals surface area contributed by atoms with Crippen LogP contribution in [0.2, 0.25) is 5.02 Å². The van der Waals surface area contributed by atoms with E-state index in [2.05, 4.69) is 9.55 Å². The molecule has 1 saturated heterocycles. The third kappa shape index (κ3) is 5.59. The minimum absolute atomic E-state index is 0.0140. The smallest absolute Gasteiger partial charge is 0.239 e. The Balaban J connectivity index is 1.37. The van der Waals surface area contributed by atoms with Crippen molar-refractivity contribution in [2.45, 2.75) is 64.0 Å². The summed E-state index contributed by atoms with van der Waals surface area (Å²) < 4.78 is 2.11. The molecule has 2 N–H and O–H groups in total. The molecule has 2 aliphatic rings. The van der Waals surface area contributed by atoms with Gasteiger partial charge in [-0.2, -0.15) is 0 Å². The van der Waals surface area contributed by atoms with E-state index in [1.165, 1.54) is 0 Å². The number of ketones is 1. The SMILES string of the molecule is NC(Cc1ccc(Cl)cc1)C(=O)N1CCC(CCn2ccnc2)(CC2CCCC2=O)CC1. The number of benzene rings is 1. The lowest BCUT2D eigenvalue weighted by molar-refractivity contribution is -0.135. The van der Waals surface area contributed by atoms with Gasteiger partial charge >= 0.3 is 0 Å². The standard InChI is InChI=1S/C25H33ClN4O2/c26-21-6-4-19(5-7-21)16-22(27)24(32)30-13-9-25(10-14-30,8-12-29-15-11-28-18-29)17-20-2-1-3-23(20)31/h4-7,11,15,18,20,22H,1-3,8-10,12-14,16-17,27H2. The third-order valence-corrected chi connectivity index (χ3v) is 7.64. The maximum Gasteiger partial charge on any atom is 0.239 e. The first kappa shape index (κ1) is 23.0. The number of aromatic nitrogens is 2. The number of carbonyl (C=O) groups is 2. The van der Waals surface area contributed by atoms with Crippen molar-refractivity contribution in [1.29, 1.82) is 0 Å². The van der Waals surface area contributed by atoms with E-state index in [0.717, 1.165) is 57.1 Å². The normalized spacial score (nSPS) is 21.6. The van der Waals surface area contributed by atoms with Crippen LogP contribution < -0.4 is 5.73 Å². The first-order chi connectivity index (χ1) is 15.4. The van der Waals surface area contributed by atoms with E-state index in [1.54, 1.807) is 6.20 Å². The van der Waals surface area contributed by atoms with Gasteiger partial charge in [-0.25, -0.2) is 4.98 Å². The third-order valence-electron chi connectivity index (χ3n) is 7.39. The first-order valence-electron chi connectivity index (χ1n) is 11.7. The van der Waals surface area contributed by atoms with Crippen molar-refractivity contribution >= 4 is 23.3 Å². The van der Waals surface area contributed by atoms with E-state index >= 15 is 0 Å². The summed E-state index contributed by atoms with van der Waals surface area (Å²) in [6, 6.07) is 6.95. The van der Waals surface area contributed by atoms with Crippen LogP contribution in [0.25, 0.3) is 0 Å². The van der Waals surface area contributed by atoms with Gasteiger partial charge in [0, 0.05) is 49.4 Å². The Morgan fingerprint density at radius 3 is 2.62 bits per heavy atom.